The summed E-state index contributed by atoms with van der Waals surface area (Å²) in [5, 5.41) is 1.79. The molecule has 0 aliphatic carbocycles. The molecule has 3 aromatic rings. The normalized spacial score (nSPS) is 16.5. The molecule has 152 valence electrons. The van der Waals surface area contributed by atoms with Gasteiger partial charge in [-0.15, -0.1) is 0 Å². The zero-order valence-corrected chi connectivity index (χ0v) is 17.4. The van der Waals surface area contributed by atoms with E-state index in [1.165, 1.54) is 7.11 Å². The van der Waals surface area contributed by atoms with E-state index in [1.54, 1.807) is 18.6 Å². The van der Waals surface area contributed by atoms with E-state index in [2.05, 4.69) is 14.6 Å². The highest BCUT2D eigenvalue weighted by Gasteiger charge is 2.25. The maximum atomic E-state index is 11.3. The van der Waals surface area contributed by atoms with Crippen LogP contribution in [0.4, 0.5) is 5.82 Å². The predicted molar refractivity (Wildman–Crippen MR) is 112 cm³/mol. The number of halogens is 2. The number of esters is 1. The molecule has 9 heteroatoms. The second-order valence-corrected chi connectivity index (χ2v) is 7.57. The Morgan fingerprint density at radius 2 is 2.21 bits per heavy atom. The Kier molecular flexibility index (Phi) is 5.89. The molecule has 1 aromatic carbocycles. The molecule has 0 spiro atoms. The maximum absolute atomic E-state index is 11.3. The number of nitrogens with zero attached hydrogens (tertiary/aromatic N) is 4. The number of ether oxygens (including phenoxy) is 2. The summed E-state index contributed by atoms with van der Waals surface area (Å²) >= 11 is 12.7. The zero-order chi connectivity index (χ0) is 20.4. The fourth-order valence-corrected chi connectivity index (χ4v) is 3.82. The monoisotopic (exact) mass is 434 g/mol. The number of anilines is 1. The van der Waals surface area contributed by atoms with Crippen molar-refractivity contribution >= 4 is 45.9 Å². The molecular weight excluding hydrogens is 415 g/mol. The van der Waals surface area contributed by atoms with E-state index in [1.807, 2.05) is 22.9 Å². The number of pyridine rings is 1. The summed E-state index contributed by atoms with van der Waals surface area (Å²) in [5.74, 6) is 0.525. The number of benzene rings is 1. The van der Waals surface area contributed by atoms with Crippen LogP contribution in [0.25, 0.3) is 16.6 Å². The van der Waals surface area contributed by atoms with Crippen LogP contribution in [0.2, 0.25) is 10.0 Å². The minimum Gasteiger partial charge on any atom is -0.469 e. The van der Waals surface area contributed by atoms with Crippen molar-refractivity contribution in [2.24, 2.45) is 0 Å². The first kappa shape index (κ1) is 19.9. The summed E-state index contributed by atoms with van der Waals surface area (Å²) in [4.78, 5) is 22.3. The van der Waals surface area contributed by atoms with Gasteiger partial charge in [0.05, 0.1) is 53.8 Å². The van der Waals surface area contributed by atoms with Gasteiger partial charge in [0.1, 0.15) is 5.82 Å². The molecule has 1 fully saturated rings. The van der Waals surface area contributed by atoms with Crippen LogP contribution in [0.3, 0.4) is 0 Å². The predicted octanol–water partition coefficient (Wildman–Crippen LogP) is 3.89. The molecule has 4 rings (SSSR count). The molecule has 1 saturated heterocycles. The average Bonchev–Trinajstić information content (AvgIpc) is 3.42. The van der Waals surface area contributed by atoms with Crippen molar-refractivity contribution in [3.8, 4) is 5.69 Å². The largest absolute Gasteiger partial charge is 0.469 e. The van der Waals surface area contributed by atoms with Crippen LogP contribution < -0.4 is 4.90 Å². The van der Waals surface area contributed by atoms with E-state index in [-0.39, 0.29) is 18.5 Å². The van der Waals surface area contributed by atoms with Crippen molar-refractivity contribution in [1.82, 2.24) is 14.5 Å². The molecule has 2 aromatic heterocycles. The molecule has 0 N–H and O–H groups in total. The van der Waals surface area contributed by atoms with Crippen molar-refractivity contribution in [1.29, 1.82) is 0 Å². The Hall–Kier alpha value is -2.35. The molecule has 3 heterocycles. The van der Waals surface area contributed by atoms with Gasteiger partial charge in [-0.2, -0.15) is 0 Å². The van der Waals surface area contributed by atoms with Crippen molar-refractivity contribution in [3.63, 3.8) is 0 Å². The highest BCUT2D eigenvalue weighted by molar-refractivity contribution is 6.45. The number of imidazole rings is 1. The Balaban J connectivity index is 1.61. The zero-order valence-electron chi connectivity index (χ0n) is 15.8. The van der Waals surface area contributed by atoms with Crippen molar-refractivity contribution in [3.05, 3.63) is 47.0 Å². The number of carbonyl (C=O) groups excluding carboxylic acids is 1. The fraction of sp³-hybridized carbons (Fsp3) is 0.350. The first-order valence-corrected chi connectivity index (χ1v) is 10.0. The Labute approximate surface area is 178 Å². The molecule has 0 unspecified atom stereocenters. The van der Waals surface area contributed by atoms with Gasteiger partial charge in [-0.05, 0) is 18.6 Å². The van der Waals surface area contributed by atoms with Crippen molar-refractivity contribution < 1.29 is 14.3 Å². The quantitative estimate of drug-likeness (QED) is 0.548. The average molecular weight is 435 g/mol. The highest BCUT2D eigenvalue weighted by atomic mass is 35.5. The van der Waals surface area contributed by atoms with Gasteiger partial charge in [0.2, 0.25) is 0 Å². The number of aromatic nitrogens is 3. The van der Waals surface area contributed by atoms with Gasteiger partial charge < -0.3 is 18.9 Å². The molecule has 0 amide bonds. The Bertz CT molecular complexity index is 1030. The Morgan fingerprint density at radius 1 is 1.34 bits per heavy atom. The van der Waals surface area contributed by atoms with E-state index in [9.17, 15) is 4.79 Å². The lowest BCUT2D eigenvalue weighted by molar-refractivity contribution is -0.142. The van der Waals surface area contributed by atoms with Crippen LogP contribution in [0.1, 0.15) is 12.8 Å². The van der Waals surface area contributed by atoms with Gasteiger partial charge in [-0.1, -0.05) is 23.2 Å². The first-order chi connectivity index (χ1) is 14.1. The van der Waals surface area contributed by atoms with Gasteiger partial charge >= 0.3 is 5.97 Å². The van der Waals surface area contributed by atoms with Gasteiger partial charge in [0, 0.05) is 36.9 Å². The van der Waals surface area contributed by atoms with E-state index < -0.39 is 0 Å². The van der Waals surface area contributed by atoms with Gasteiger partial charge in [-0.25, -0.2) is 9.97 Å². The smallest absolute Gasteiger partial charge is 0.307 e. The third-order valence-corrected chi connectivity index (χ3v) is 5.77. The van der Waals surface area contributed by atoms with Gasteiger partial charge in [0.15, 0.2) is 0 Å². The number of hydrogen-bond acceptors (Lipinski definition) is 6. The lowest BCUT2D eigenvalue weighted by Crippen LogP contribution is -2.24. The second kappa shape index (κ2) is 8.57. The van der Waals surface area contributed by atoms with Crippen LogP contribution >= 0.6 is 23.2 Å². The topological polar surface area (TPSA) is 69.5 Å². The van der Waals surface area contributed by atoms with Gasteiger partial charge in [-0.3, -0.25) is 4.79 Å². The van der Waals surface area contributed by atoms with Crippen molar-refractivity contribution in [2.45, 2.75) is 18.9 Å². The summed E-state index contributed by atoms with van der Waals surface area (Å²) in [6, 6.07) is 5.71. The van der Waals surface area contributed by atoms with Crippen LogP contribution in [0.5, 0.6) is 0 Å². The number of carbonyl (C=O) groups is 1. The third kappa shape index (κ3) is 4.17. The molecule has 0 bridgehead atoms. The fourth-order valence-electron chi connectivity index (χ4n) is 3.46. The lowest BCUT2D eigenvalue weighted by Gasteiger charge is -2.20. The standard InChI is InChI=1S/C20H20Cl2N4O3/c1-28-18(27)5-9-29-13-4-7-25(11-13)17-10-16(26-8-6-23-12-26)14-2-3-15(21)19(22)20(14)24-17/h2-3,6,8,10,12-13H,4-5,7,9,11H2,1H3/t13-/m1/s1. The summed E-state index contributed by atoms with van der Waals surface area (Å²) in [6.07, 6.45) is 6.48. The molecule has 7 nitrogen and oxygen atoms in total. The summed E-state index contributed by atoms with van der Waals surface area (Å²) in [7, 11) is 1.38. The molecule has 0 radical (unpaired) electrons. The number of rotatable bonds is 6. The van der Waals surface area contributed by atoms with Gasteiger partial charge in [0.25, 0.3) is 0 Å². The number of fused-ring (bicyclic) bond motifs is 1. The minimum atomic E-state index is -0.271. The number of methoxy groups -OCH3 is 1. The highest BCUT2D eigenvalue weighted by Crippen LogP contribution is 2.35. The summed E-state index contributed by atoms with van der Waals surface area (Å²) in [6.45, 7) is 1.82. The van der Waals surface area contributed by atoms with Crippen LogP contribution in [0.15, 0.2) is 36.9 Å². The summed E-state index contributed by atoms with van der Waals surface area (Å²) in [5.41, 5.74) is 1.58. The second-order valence-electron chi connectivity index (χ2n) is 6.78. The molecule has 1 atom stereocenters. The molecule has 0 saturated carbocycles. The molecule has 29 heavy (non-hydrogen) atoms. The van der Waals surface area contributed by atoms with Crippen molar-refractivity contribution in [2.75, 3.05) is 31.7 Å². The first-order valence-electron chi connectivity index (χ1n) is 9.27. The van der Waals surface area contributed by atoms with E-state index in [0.29, 0.717) is 28.7 Å². The van der Waals surface area contributed by atoms with Crippen LogP contribution in [0, 0.1) is 0 Å². The third-order valence-electron chi connectivity index (χ3n) is 4.98. The SMILES string of the molecule is COC(=O)CCO[C@@H]1CCN(c2cc(-n3ccnc3)c3ccc(Cl)c(Cl)c3n2)C1. The molecule has 1 aliphatic heterocycles. The minimum absolute atomic E-state index is 0.0312. The molecular formula is C20H20Cl2N4O3. The van der Waals surface area contributed by atoms with E-state index in [4.69, 9.17) is 32.9 Å². The maximum Gasteiger partial charge on any atom is 0.307 e. The van der Waals surface area contributed by atoms with E-state index in [0.717, 1.165) is 29.9 Å². The summed E-state index contributed by atoms with van der Waals surface area (Å²) < 4.78 is 12.4. The number of hydrogen-bond donors (Lipinski definition) is 0. The van der Waals surface area contributed by atoms with Crippen LogP contribution in [-0.2, 0) is 14.3 Å². The van der Waals surface area contributed by atoms with E-state index >= 15 is 0 Å². The lowest BCUT2D eigenvalue weighted by atomic mass is 10.1. The Morgan fingerprint density at radius 3 is 2.97 bits per heavy atom. The molecule has 1 aliphatic rings. The van der Waals surface area contributed by atoms with Crippen LogP contribution in [-0.4, -0.2) is 53.4 Å².